The van der Waals surface area contributed by atoms with Crippen molar-refractivity contribution in [2.24, 2.45) is 0 Å². The number of anilines is 1. The second kappa shape index (κ2) is 8.41. The average Bonchev–Trinajstić information content (AvgIpc) is 2.60. The number of para-hydroxylation sites is 2. The Morgan fingerprint density at radius 2 is 1.78 bits per heavy atom. The molecule has 0 spiro atoms. The normalized spacial score (nSPS) is 11.8. The summed E-state index contributed by atoms with van der Waals surface area (Å²) in [6, 6.07) is 13.1. The van der Waals surface area contributed by atoms with E-state index in [1.807, 2.05) is 13.8 Å². The fourth-order valence-corrected chi connectivity index (χ4v) is 2.29. The molecule has 4 nitrogen and oxygen atoms in total. The van der Waals surface area contributed by atoms with Crippen LogP contribution < -0.4 is 10.1 Å². The fourth-order valence-electron chi connectivity index (χ4n) is 2.29. The second-order valence-electron chi connectivity index (χ2n) is 5.87. The van der Waals surface area contributed by atoms with Crippen LogP contribution in [0.25, 0.3) is 6.08 Å². The summed E-state index contributed by atoms with van der Waals surface area (Å²) in [6.07, 6.45) is -3.47. The van der Waals surface area contributed by atoms with Crippen LogP contribution in [-0.2, 0) is 11.0 Å². The Morgan fingerprint density at radius 1 is 1.15 bits per heavy atom. The molecule has 0 saturated heterocycles. The SMILES string of the molecule is CC(C)Oc1ccccc1/C=C(\C#N)C(=O)Nc1ccccc1C(F)(F)F. The summed E-state index contributed by atoms with van der Waals surface area (Å²) in [5.41, 5.74) is -1.27. The van der Waals surface area contributed by atoms with E-state index < -0.39 is 23.3 Å². The van der Waals surface area contributed by atoms with Crippen LogP contribution in [-0.4, -0.2) is 12.0 Å². The molecule has 1 amide bonds. The Kier molecular flexibility index (Phi) is 6.24. The van der Waals surface area contributed by atoms with Crippen LogP contribution in [0.15, 0.2) is 54.1 Å². The number of halogens is 3. The maximum absolute atomic E-state index is 13.1. The predicted molar refractivity (Wildman–Crippen MR) is 95.9 cm³/mol. The molecule has 0 heterocycles. The Labute approximate surface area is 154 Å². The first-order valence-corrected chi connectivity index (χ1v) is 8.07. The van der Waals surface area contributed by atoms with Gasteiger partial charge in [0.25, 0.3) is 5.91 Å². The maximum Gasteiger partial charge on any atom is 0.418 e. The maximum atomic E-state index is 13.1. The van der Waals surface area contributed by atoms with Crippen molar-refractivity contribution in [2.45, 2.75) is 26.1 Å². The van der Waals surface area contributed by atoms with Crippen LogP contribution in [0.4, 0.5) is 18.9 Å². The number of nitrogens with zero attached hydrogens (tertiary/aromatic N) is 1. The van der Waals surface area contributed by atoms with E-state index >= 15 is 0 Å². The molecule has 2 aromatic carbocycles. The lowest BCUT2D eigenvalue weighted by atomic mass is 10.1. The van der Waals surface area contributed by atoms with Crippen molar-refractivity contribution in [1.29, 1.82) is 5.26 Å². The summed E-state index contributed by atoms with van der Waals surface area (Å²) in [5, 5.41) is 11.5. The van der Waals surface area contributed by atoms with Crippen LogP contribution in [0, 0.1) is 11.3 Å². The smallest absolute Gasteiger partial charge is 0.418 e. The molecule has 0 atom stereocenters. The minimum atomic E-state index is -4.63. The molecule has 0 aromatic heterocycles. The van der Waals surface area contributed by atoms with Gasteiger partial charge in [0.2, 0.25) is 0 Å². The third kappa shape index (κ3) is 5.35. The Bertz CT molecular complexity index is 897. The van der Waals surface area contributed by atoms with E-state index in [1.54, 1.807) is 30.3 Å². The average molecular weight is 374 g/mol. The molecular weight excluding hydrogens is 357 g/mol. The Morgan fingerprint density at radius 3 is 2.41 bits per heavy atom. The molecule has 27 heavy (non-hydrogen) atoms. The van der Waals surface area contributed by atoms with Gasteiger partial charge < -0.3 is 10.1 Å². The van der Waals surface area contributed by atoms with E-state index in [0.717, 1.165) is 12.1 Å². The zero-order valence-corrected chi connectivity index (χ0v) is 14.7. The molecule has 2 aromatic rings. The van der Waals surface area contributed by atoms with Gasteiger partial charge in [-0.05, 0) is 38.1 Å². The summed E-state index contributed by atoms with van der Waals surface area (Å²) in [7, 11) is 0. The third-order valence-corrected chi connectivity index (χ3v) is 3.43. The van der Waals surface area contributed by atoms with E-state index in [4.69, 9.17) is 4.74 Å². The molecule has 7 heteroatoms. The van der Waals surface area contributed by atoms with Crippen molar-refractivity contribution in [1.82, 2.24) is 0 Å². The number of carbonyl (C=O) groups excluding carboxylic acids is 1. The van der Waals surface area contributed by atoms with Gasteiger partial charge in [0.15, 0.2) is 0 Å². The standard InChI is InChI=1S/C20H17F3N2O2/c1-13(2)27-18-10-6-3-7-14(18)11-15(12-24)19(26)25-17-9-5-4-8-16(17)20(21,22)23/h3-11,13H,1-2H3,(H,25,26)/b15-11+. The van der Waals surface area contributed by atoms with E-state index in [1.165, 1.54) is 18.2 Å². The van der Waals surface area contributed by atoms with Crippen LogP contribution in [0.3, 0.4) is 0 Å². The largest absolute Gasteiger partial charge is 0.490 e. The highest BCUT2D eigenvalue weighted by molar-refractivity contribution is 6.10. The molecular formula is C20H17F3N2O2. The molecule has 0 radical (unpaired) electrons. The number of hydrogen-bond acceptors (Lipinski definition) is 3. The predicted octanol–water partition coefficient (Wildman–Crippen LogP) is 5.04. The summed E-state index contributed by atoms with van der Waals surface area (Å²) in [5.74, 6) is -0.475. The molecule has 0 bridgehead atoms. The second-order valence-corrected chi connectivity index (χ2v) is 5.87. The molecule has 140 valence electrons. The highest BCUT2D eigenvalue weighted by Gasteiger charge is 2.33. The summed E-state index contributed by atoms with van der Waals surface area (Å²) in [6.45, 7) is 3.65. The molecule has 0 fully saturated rings. The van der Waals surface area contributed by atoms with Crippen molar-refractivity contribution < 1.29 is 22.7 Å². The van der Waals surface area contributed by atoms with Gasteiger partial charge >= 0.3 is 6.18 Å². The van der Waals surface area contributed by atoms with E-state index in [0.29, 0.717) is 11.3 Å². The van der Waals surface area contributed by atoms with E-state index in [-0.39, 0.29) is 11.7 Å². The van der Waals surface area contributed by atoms with Gasteiger partial charge in [-0.2, -0.15) is 18.4 Å². The number of nitrogens with one attached hydrogen (secondary N) is 1. The van der Waals surface area contributed by atoms with Gasteiger partial charge in [-0.25, -0.2) is 0 Å². The van der Waals surface area contributed by atoms with Crippen molar-refractivity contribution >= 4 is 17.7 Å². The molecule has 1 N–H and O–H groups in total. The lowest BCUT2D eigenvalue weighted by Gasteiger charge is -2.14. The number of ether oxygens (including phenoxy) is 1. The number of carbonyl (C=O) groups is 1. The van der Waals surface area contributed by atoms with E-state index in [2.05, 4.69) is 5.32 Å². The lowest BCUT2D eigenvalue weighted by Crippen LogP contribution is -2.17. The first kappa shape index (κ1) is 20.0. The topological polar surface area (TPSA) is 62.1 Å². The van der Waals surface area contributed by atoms with Crippen LogP contribution >= 0.6 is 0 Å². The van der Waals surface area contributed by atoms with Crippen LogP contribution in [0.1, 0.15) is 25.0 Å². The Balaban J connectivity index is 2.34. The van der Waals surface area contributed by atoms with Crippen LogP contribution in [0.2, 0.25) is 0 Å². The highest BCUT2D eigenvalue weighted by atomic mass is 19.4. The summed E-state index contributed by atoms with van der Waals surface area (Å²) in [4.78, 5) is 12.4. The number of hydrogen-bond donors (Lipinski definition) is 1. The summed E-state index contributed by atoms with van der Waals surface area (Å²) >= 11 is 0. The zero-order chi connectivity index (χ0) is 20.0. The van der Waals surface area contributed by atoms with Gasteiger partial charge in [0.05, 0.1) is 17.4 Å². The summed E-state index contributed by atoms with van der Waals surface area (Å²) < 4.78 is 44.8. The molecule has 0 aliphatic carbocycles. The minimum Gasteiger partial charge on any atom is -0.490 e. The molecule has 0 saturated carbocycles. The quantitative estimate of drug-likeness (QED) is 0.589. The monoisotopic (exact) mass is 374 g/mol. The number of alkyl halides is 3. The molecule has 0 aliphatic rings. The minimum absolute atomic E-state index is 0.127. The lowest BCUT2D eigenvalue weighted by molar-refractivity contribution is -0.137. The van der Waals surface area contributed by atoms with Gasteiger partial charge in [0.1, 0.15) is 17.4 Å². The van der Waals surface area contributed by atoms with Crippen molar-refractivity contribution in [3.8, 4) is 11.8 Å². The van der Waals surface area contributed by atoms with Gasteiger partial charge in [0, 0.05) is 5.56 Å². The highest BCUT2D eigenvalue weighted by Crippen LogP contribution is 2.34. The first-order valence-electron chi connectivity index (χ1n) is 8.07. The van der Waals surface area contributed by atoms with Crippen LogP contribution in [0.5, 0.6) is 5.75 Å². The molecule has 0 unspecified atom stereocenters. The zero-order valence-electron chi connectivity index (χ0n) is 14.7. The van der Waals surface area contributed by atoms with Gasteiger partial charge in [-0.3, -0.25) is 4.79 Å². The number of nitriles is 1. The van der Waals surface area contributed by atoms with Crippen molar-refractivity contribution in [2.75, 3.05) is 5.32 Å². The Hall–Kier alpha value is -3.27. The van der Waals surface area contributed by atoms with Gasteiger partial charge in [-0.15, -0.1) is 0 Å². The number of benzene rings is 2. The van der Waals surface area contributed by atoms with Gasteiger partial charge in [-0.1, -0.05) is 30.3 Å². The first-order chi connectivity index (χ1) is 12.7. The number of rotatable bonds is 5. The molecule has 0 aliphatic heterocycles. The number of amides is 1. The third-order valence-electron chi connectivity index (χ3n) is 3.43. The fraction of sp³-hybridized carbons (Fsp3) is 0.200. The molecule has 2 rings (SSSR count). The van der Waals surface area contributed by atoms with Crippen molar-refractivity contribution in [3.63, 3.8) is 0 Å². The van der Waals surface area contributed by atoms with Crippen molar-refractivity contribution in [3.05, 3.63) is 65.2 Å². The van der Waals surface area contributed by atoms with E-state index in [9.17, 15) is 23.2 Å².